The molecule has 1 unspecified atom stereocenters. The minimum atomic E-state index is -2.45. The number of hydrogen-bond donors (Lipinski definition) is 3. The van der Waals surface area contributed by atoms with Crippen molar-refractivity contribution in [3.05, 3.63) is 83.6 Å². The van der Waals surface area contributed by atoms with Crippen LogP contribution in [0.1, 0.15) is 17.5 Å². The molecule has 30 heavy (non-hydrogen) atoms. The second-order valence-electron chi connectivity index (χ2n) is 7.12. The maximum absolute atomic E-state index is 11.1. The van der Waals surface area contributed by atoms with Crippen LogP contribution in [0.3, 0.4) is 0 Å². The van der Waals surface area contributed by atoms with E-state index < -0.39 is 12.1 Å². The molecule has 0 saturated carbocycles. The summed E-state index contributed by atoms with van der Waals surface area (Å²) in [5, 5.41) is 27.8. The summed E-state index contributed by atoms with van der Waals surface area (Å²) in [5.74, 6) is -2.09. The Labute approximate surface area is 174 Å². The van der Waals surface area contributed by atoms with Gasteiger partial charge in [-0.05, 0) is 17.5 Å². The number of hydrogen-bond acceptors (Lipinski definition) is 8. The molecule has 8 heteroatoms. The number of hydrazone groups is 1. The quantitative estimate of drug-likeness (QED) is 0.573. The molecule has 0 radical (unpaired) electrons. The Morgan fingerprint density at radius 2 is 1.57 bits per heavy atom. The summed E-state index contributed by atoms with van der Waals surface area (Å²) >= 11 is 0. The van der Waals surface area contributed by atoms with E-state index in [2.05, 4.69) is 10.1 Å². The van der Waals surface area contributed by atoms with Gasteiger partial charge >= 0.3 is 0 Å². The Kier molecular flexibility index (Phi) is 5.91. The molecule has 2 aliphatic heterocycles. The summed E-state index contributed by atoms with van der Waals surface area (Å²) in [6, 6.07) is 18.6. The monoisotopic (exact) mass is 408 g/mol. The van der Waals surface area contributed by atoms with E-state index in [0.29, 0.717) is 12.3 Å². The first-order chi connectivity index (χ1) is 14.6. The normalized spacial score (nSPS) is 18.4. The number of aliphatic imine (C=N–C) groups is 1. The third-order valence-corrected chi connectivity index (χ3v) is 4.99. The number of nitrogens with two attached hydrogens (primary N) is 1. The van der Waals surface area contributed by atoms with Crippen molar-refractivity contribution in [1.29, 1.82) is 0 Å². The van der Waals surface area contributed by atoms with E-state index in [0.717, 1.165) is 11.1 Å². The number of ether oxygens (including phenoxy) is 2. The summed E-state index contributed by atoms with van der Waals surface area (Å²) in [5.41, 5.74) is 7.84. The lowest BCUT2D eigenvalue weighted by molar-refractivity contribution is -0.313. The van der Waals surface area contributed by atoms with Crippen LogP contribution in [-0.2, 0) is 22.7 Å². The Morgan fingerprint density at radius 1 is 1.00 bits per heavy atom. The van der Waals surface area contributed by atoms with Gasteiger partial charge in [0.05, 0.1) is 18.9 Å². The van der Waals surface area contributed by atoms with Gasteiger partial charge < -0.3 is 25.4 Å². The average molecular weight is 408 g/mol. The van der Waals surface area contributed by atoms with Gasteiger partial charge in [-0.15, -0.1) is 0 Å². The summed E-state index contributed by atoms with van der Waals surface area (Å²) < 4.78 is 11.7. The van der Waals surface area contributed by atoms with Crippen LogP contribution in [0.5, 0.6) is 0 Å². The van der Waals surface area contributed by atoms with E-state index in [1.165, 1.54) is 11.3 Å². The summed E-state index contributed by atoms with van der Waals surface area (Å²) in [6.07, 6.45) is 2.04. The minimum Gasteiger partial charge on any atom is -0.385 e. The predicted molar refractivity (Wildman–Crippen MR) is 112 cm³/mol. The van der Waals surface area contributed by atoms with Crippen LogP contribution in [0, 0.1) is 0 Å². The first-order valence-corrected chi connectivity index (χ1v) is 9.67. The van der Waals surface area contributed by atoms with Gasteiger partial charge in [-0.3, -0.25) is 5.01 Å². The van der Waals surface area contributed by atoms with Crippen LogP contribution in [0.2, 0.25) is 0 Å². The summed E-state index contributed by atoms with van der Waals surface area (Å²) in [7, 11) is 0. The van der Waals surface area contributed by atoms with Crippen LogP contribution in [0.25, 0.3) is 0 Å². The van der Waals surface area contributed by atoms with Crippen LogP contribution in [-0.4, -0.2) is 45.5 Å². The number of rotatable bonds is 8. The van der Waals surface area contributed by atoms with E-state index in [1.807, 2.05) is 60.7 Å². The molecule has 0 bridgehead atoms. The lowest BCUT2D eigenvalue weighted by Crippen LogP contribution is -2.52. The molecule has 2 aromatic rings. The molecule has 156 valence electrons. The van der Waals surface area contributed by atoms with Gasteiger partial charge in [0.25, 0.3) is 5.79 Å². The Bertz CT molecular complexity index is 901. The molecule has 0 saturated heterocycles. The van der Waals surface area contributed by atoms with Crippen LogP contribution in [0.15, 0.2) is 82.5 Å². The molecular formula is C22H24N4O4. The molecule has 0 spiro atoms. The second kappa shape index (κ2) is 8.76. The molecule has 0 aromatic heterocycles. The molecule has 4 rings (SSSR count). The molecule has 0 amide bonds. The average Bonchev–Trinajstić information content (AvgIpc) is 3.21. The fourth-order valence-electron chi connectivity index (χ4n) is 3.42. The number of aliphatic hydroxyl groups is 2. The SMILES string of the molecule is NC1=NC=NN2C(C(O)(O)C(OCc3ccccc3)OCc3ccccc3)=CCC12. The topological polar surface area (TPSA) is 113 Å². The highest BCUT2D eigenvalue weighted by molar-refractivity contribution is 5.93. The smallest absolute Gasteiger partial charge is 0.259 e. The molecule has 0 fully saturated rings. The highest BCUT2D eigenvalue weighted by Gasteiger charge is 2.48. The van der Waals surface area contributed by atoms with Crippen molar-refractivity contribution in [2.75, 3.05) is 0 Å². The molecule has 8 nitrogen and oxygen atoms in total. The van der Waals surface area contributed by atoms with Gasteiger partial charge in [0, 0.05) is 0 Å². The van der Waals surface area contributed by atoms with Crippen LogP contribution < -0.4 is 5.73 Å². The summed E-state index contributed by atoms with van der Waals surface area (Å²) in [6.45, 7) is 0.291. The maximum Gasteiger partial charge on any atom is 0.259 e. The standard InChI is InChI=1S/C22H24N4O4/c23-20-18-11-12-19(26(18)25-15-24-20)22(27,28)21(29-13-16-7-3-1-4-8-16)30-14-17-9-5-2-6-10-17/h1-10,12,15,18,21,27-28H,11,13-14H2,(H2,23,24,25). The van der Waals surface area contributed by atoms with E-state index >= 15 is 0 Å². The van der Waals surface area contributed by atoms with Crippen molar-refractivity contribution in [2.45, 2.75) is 37.8 Å². The molecule has 2 aliphatic rings. The van der Waals surface area contributed by atoms with Crippen molar-refractivity contribution < 1.29 is 19.7 Å². The fourth-order valence-corrected chi connectivity index (χ4v) is 3.42. The fraction of sp³-hybridized carbons (Fsp3) is 0.273. The lowest BCUT2D eigenvalue weighted by Gasteiger charge is -2.36. The molecule has 1 atom stereocenters. The van der Waals surface area contributed by atoms with Gasteiger partial charge in [0.1, 0.15) is 18.2 Å². The van der Waals surface area contributed by atoms with Gasteiger partial charge in [-0.2, -0.15) is 5.10 Å². The van der Waals surface area contributed by atoms with Crippen molar-refractivity contribution in [3.63, 3.8) is 0 Å². The number of amidine groups is 1. The zero-order valence-electron chi connectivity index (χ0n) is 16.3. The molecule has 0 aliphatic carbocycles. The first kappa shape index (κ1) is 20.2. The maximum atomic E-state index is 11.1. The van der Waals surface area contributed by atoms with E-state index in [9.17, 15) is 10.2 Å². The van der Waals surface area contributed by atoms with Crippen LogP contribution in [0.4, 0.5) is 0 Å². The third-order valence-electron chi connectivity index (χ3n) is 4.99. The zero-order chi connectivity index (χ0) is 21.0. The van der Waals surface area contributed by atoms with Gasteiger partial charge in [0.2, 0.25) is 6.29 Å². The number of benzene rings is 2. The van der Waals surface area contributed by atoms with E-state index in [4.69, 9.17) is 15.2 Å². The van der Waals surface area contributed by atoms with Crippen molar-refractivity contribution >= 4 is 12.2 Å². The minimum absolute atomic E-state index is 0.146. The zero-order valence-corrected chi connectivity index (χ0v) is 16.3. The van der Waals surface area contributed by atoms with Gasteiger partial charge in [-0.25, -0.2) is 4.99 Å². The summed E-state index contributed by atoms with van der Waals surface area (Å²) in [4.78, 5) is 3.99. The highest BCUT2D eigenvalue weighted by Crippen LogP contribution is 2.34. The largest absolute Gasteiger partial charge is 0.385 e. The molecule has 4 N–H and O–H groups in total. The number of nitrogens with zero attached hydrogens (tertiary/aromatic N) is 3. The van der Waals surface area contributed by atoms with Crippen molar-refractivity contribution in [1.82, 2.24) is 5.01 Å². The predicted octanol–water partition coefficient (Wildman–Crippen LogP) is 1.70. The van der Waals surface area contributed by atoms with Gasteiger partial charge in [-0.1, -0.05) is 66.7 Å². The highest BCUT2D eigenvalue weighted by atomic mass is 16.7. The van der Waals surface area contributed by atoms with Gasteiger partial charge in [0.15, 0.2) is 0 Å². The van der Waals surface area contributed by atoms with Crippen LogP contribution >= 0.6 is 0 Å². The Balaban J connectivity index is 1.53. The van der Waals surface area contributed by atoms with Crippen molar-refractivity contribution in [3.8, 4) is 0 Å². The molecule has 2 heterocycles. The third kappa shape index (κ3) is 4.27. The first-order valence-electron chi connectivity index (χ1n) is 9.67. The van der Waals surface area contributed by atoms with E-state index in [-0.39, 0.29) is 25.0 Å². The molecular weight excluding hydrogens is 384 g/mol. The lowest BCUT2D eigenvalue weighted by atomic mass is 10.1. The second-order valence-corrected chi connectivity index (χ2v) is 7.12. The Morgan fingerprint density at radius 3 is 2.13 bits per heavy atom. The van der Waals surface area contributed by atoms with E-state index in [1.54, 1.807) is 6.08 Å². The van der Waals surface area contributed by atoms with Crippen molar-refractivity contribution in [2.24, 2.45) is 15.8 Å². The molecule has 2 aromatic carbocycles. The number of fused-ring (bicyclic) bond motifs is 1. The Hall–Kier alpha value is -3.04.